The quantitative estimate of drug-likeness (QED) is 0.358. The Bertz CT molecular complexity index is 551. The highest BCUT2D eigenvalue weighted by Crippen LogP contribution is 2.25. The molecule has 1 heterocycles. The molecule has 6 heteroatoms. The molecule has 0 amide bonds. The maximum atomic E-state index is 10.5. The van der Waals surface area contributed by atoms with Crippen LogP contribution in [0.3, 0.4) is 0 Å². The van der Waals surface area contributed by atoms with Gasteiger partial charge in [-0.15, -0.1) is 0 Å². The van der Waals surface area contributed by atoms with Crippen LogP contribution in [0.25, 0.3) is 0 Å². The summed E-state index contributed by atoms with van der Waals surface area (Å²) in [4.78, 5) is 10.5. The SMILES string of the molecule is CC/C=C\C/C=C\C/C=C\C[C@@H](O)[C@H]1C[C@@H](O)[C@H](/C=C/[C@@H](O)CCC(=O)O)O1. The van der Waals surface area contributed by atoms with Crippen LogP contribution in [0.1, 0.15) is 51.9 Å². The molecule has 1 aliphatic heterocycles. The summed E-state index contributed by atoms with van der Waals surface area (Å²) in [6.45, 7) is 2.10. The molecular formula is C22H34O6. The number of carboxylic acid groups (broad SMARTS) is 1. The van der Waals surface area contributed by atoms with Gasteiger partial charge in [0.05, 0.1) is 24.4 Å². The second kappa shape index (κ2) is 14.3. The zero-order chi connectivity index (χ0) is 20.8. The molecule has 1 fully saturated rings. The Hall–Kier alpha value is -1.73. The smallest absolute Gasteiger partial charge is 0.303 e. The van der Waals surface area contributed by atoms with Gasteiger partial charge in [0.25, 0.3) is 0 Å². The van der Waals surface area contributed by atoms with E-state index in [1.54, 1.807) is 0 Å². The molecule has 0 spiro atoms. The van der Waals surface area contributed by atoms with Crippen LogP contribution >= 0.6 is 0 Å². The van der Waals surface area contributed by atoms with Crippen molar-refractivity contribution in [3.8, 4) is 0 Å². The minimum Gasteiger partial charge on any atom is -0.481 e. The first-order valence-corrected chi connectivity index (χ1v) is 9.98. The predicted molar refractivity (Wildman–Crippen MR) is 109 cm³/mol. The summed E-state index contributed by atoms with van der Waals surface area (Å²) in [6, 6.07) is 0. The van der Waals surface area contributed by atoms with E-state index in [0.717, 1.165) is 19.3 Å². The molecule has 5 atom stereocenters. The summed E-state index contributed by atoms with van der Waals surface area (Å²) >= 11 is 0. The highest BCUT2D eigenvalue weighted by molar-refractivity contribution is 5.66. The molecule has 0 saturated carbocycles. The molecular weight excluding hydrogens is 360 g/mol. The summed E-state index contributed by atoms with van der Waals surface area (Å²) in [7, 11) is 0. The van der Waals surface area contributed by atoms with Crippen molar-refractivity contribution < 1.29 is 30.0 Å². The minimum absolute atomic E-state index is 0.106. The van der Waals surface area contributed by atoms with Crippen molar-refractivity contribution in [3.63, 3.8) is 0 Å². The van der Waals surface area contributed by atoms with Gasteiger partial charge in [0.15, 0.2) is 0 Å². The average molecular weight is 395 g/mol. The van der Waals surface area contributed by atoms with E-state index in [1.165, 1.54) is 12.2 Å². The highest BCUT2D eigenvalue weighted by atomic mass is 16.5. The zero-order valence-electron chi connectivity index (χ0n) is 16.6. The van der Waals surface area contributed by atoms with E-state index < -0.39 is 36.5 Å². The Morgan fingerprint density at radius 2 is 1.75 bits per heavy atom. The van der Waals surface area contributed by atoms with Crippen molar-refractivity contribution >= 4 is 5.97 Å². The van der Waals surface area contributed by atoms with Gasteiger partial charge >= 0.3 is 5.97 Å². The number of hydrogen-bond donors (Lipinski definition) is 4. The minimum atomic E-state index is -0.968. The van der Waals surface area contributed by atoms with Crippen molar-refractivity contribution in [2.24, 2.45) is 0 Å². The third-order valence-corrected chi connectivity index (χ3v) is 4.45. The molecule has 0 aromatic carbocycles. The van der Waals surface area contributed by atoms with Gasteiger partial charge in [-0.05, 0) is 32.1 Å². The molecule has 0 radical (unpaired) electrons. The topological polar surface area (TPSA) is 107 Å². The van der Waals surface area contributed by atoms with Gasteiger partial charge in [-0.25, -0.2) is 0 Å². The largest absolute Gasteiger partial charge is 0.481 e. The number of aliphatic hydroxyl groups is 3. The van der Waals surface area contributed by atoms with Gasteiger partial charge in [0.2, 0.25) is 0 Å². The van der Waals surface area contributed by atoms with Crippen molar-refractivity contribution in [3.05, 3.63) is 48.6 Å². The van der Waals surface area contributed by atoms with E-state index in [0.29, 0.717) is 12.8 Å². The summed E-state index contributed by atoms with van der Waals surface area (Å²) < 4.78 is 5.67. The van der Waals surface area contributed by atoms with Crippen molar-refractivity contribution in [2.75, 3.05) is 0 Å². The lowest BCUT2D eigenvalue weighted by Gasteiger charge is -2.16. The van der Waals surface area contributed by atoms with Crippen LogP contribution in [0.15, 0.2) is 48.6 Å². The number of aliphatic hydroxyl groups excluding tert-OH is 3. The number of aliphatic carboxylic acids is 1. The lowest BCUT2D eigenvalue weighted by molar-refractivity contribution is -0.137. The van der Waals surface area contributed by atoms with E-state index in [9.17, 15) is 20.1 Å². The number of carbonyl (C=O) groups is 1. The highest BCUT2D eigenvalue weighted by Gasteiger charge is 2.35. The molecule has 1 rings (SSSR count). The number of ether oxygens (including phenoxy) is 1. The van der Waals surface area contributed by atoms with Crippen LogP contribution in [0.4, 0.5) is 0 Å². The average Bonchev–Trinajstić information content (AvgIpc) is 3.04. The fraction of sp³-hybridized carbons (Fsp3) is 0.591. The number of allylic oxidation sites excluding steroid dienone is 5. The van der Waals surface area contributed by atoms with E-state index in [1.807, 2.05) is 12.2 Å². The molecule has 0 aliphatic carbocycles. The lowest BCUT2D eigenvalue weighted by atomic mass is 10.0. The molecule has 0 bridgehead atoms. The van der Waals surface area contributed by atoms with Gasteiger partial charge in [-0.1, -0.05) is 55.5 Å². The Labute approximate surface area is 167 Å². The van der Waals surface area contributed by atoms with Crippen LogP contribution in [0.2, 0.25) is 0 Å². The zero-order valence-corrected chi connectivity index (χ0v) is 16.6. The molecule has 0 unspecified atom stereocenters. The lowest BCUT2D eigenvalue weighted by Crippen LogP contribution is -2.25. The van der Waals surface area contributed by atoms with Gasteiger partial charge in [-0.2, -0.15) is 0 Å². The van der Waals surface area contributed by atoms with Crippen LogP contribution in [0, 0.1) is 0 Å². The van der Waals surface area contributed by atoms with Crippen molar-refractivity contribution in [1.82, 2.24) is 0 Å². The molecule has 6 nitrogen and oxygen atoms in total. The van der Waals surface area contributed by atoms with Crippen molar-refractivity contribution in [2.45, 2.75) is 82.4 Å². The first kappa shape index (κ1) is 24.3. The molecule has 4 N–H and O–H groups in total. The Balaban J connectivity index is 2.31. The second-order valence-electron chi connectivity index (χ2n) is 6.92. The molecule has 1 saturated heterocycles. The molecule has 1 aliphatic rings. The summed E-state index contributed by atoms with van der Waals surface area (Å²) in [5, 5.41) is 38.6. The summed E-state index contributed by atoms with van der Waals surface area (Å²) in [5.41, 5.74) is 0. The molecule has 158 valence electrons. The van der Waals surface area contributed by atoms with E-state index >= 15 is 0 Å². The predicted octanol–water partition coefficient (Wildman–Crippen LogP) is 2.90. The Morgan fingerprint density at radius 1 is 1.11 bits per heavy atom. The van der Waals surface area contributed by atoms with Crippen LogP contribution < -0.4 is 0 Å². The molecule has 0 aromatic heterocycles. The first-order chi connectivity index (χ1) is 13.4. The fourth-order valence-electron chi connectivity index (χ4n) is 2.84. The molecule has 0 aromatic rings. The van der Waals surface area contributed by atoms with E-state index in [4.69, 9.17) is 9.84 Å². The fourth-order valence-corrected chi connectivity index (χ4v) is 2.84. The normalized spacial score (nSPS) is 25.5. The van der Waals surface area contributed by atoms with Gasteiger partial charge in [0, 0.05) is 12.8 Å². The standard InChI is InChI=1S/C22H34O6/c1-2-3-4-5-6-7-8-9-10-11-18(24)21-16-19(25)20(28-21)14-12-17(23)13-15-22(26)27/h3-4,6-7,9-10,12,14,17-21,23-25H,2,5,8,11,13,15-16H2,1H3,(H,26,27)/b4-3-,7-6-,10-9-,14-12+/t17-,18-,19-,20+,21-/m1/s1. The monoisotopic (exact) mass is 394 g/mol. The maximum absolute atomic E-state index is 10.5. The second-order valence-corrected chi connectivity index (χ2v) is 6.92. The Morgan fingerprint density at radius 3 is 2.39 bits per heavy atom. The number of rotatable bonds is 13. The first-order valence-electron chi connectivity index (χ1n) is 9.98. The summed E-state index contributed by atoms with van der Waals surface area (Å²) in [5.74, 6) is -0.968. The van der Waals surface area contributed by atoms with Crippen LogP contribution in [-0.4, -0.2) is 56.9 Å². The number of carboxylic acids is 1. The number of hydrogen-bond acceptors (Lipinski definition) is 5. The van der Waals surface area contributed by atoms with Crippen LogP contribution in [0.5, 0.6) is 0 Å². The van der Waals surface area contributed by atoms with E-state index in [-0.39, 0.29) is 12.8 Å². The summed E-state index contributed by atoms with van der Waals surface area (Å²) in [6.07, 6.45) is 15.4. The van der Waals surface area contributed by atoms with Gasteiger partial charge in [0.1, 0.15) is 6.10 Å². The maximum Gasteiger partial charge on any atom is 0.303 e. The van der Waals surface area contributed by atoms with Crippen LogP contribution in [-0.2, 0) is 9.53 Å². The van der Waals surface area contributed by atoms with E-state index in [2.05, 4.69) is 31.2 Å². The van der Waals surface area contributed by atoms with Gasteiger partial charge < -0.3 is 25.2 Å². The van der Waals surface area contributed by atoms with Gasteiger partial charge in [-0.3, -0.25) is 4.79 Å². The third kappa shape index (κ3) is 10.6. The third-order valence-electron chi connectivity index (χ3n) is 4.45. The Kier molecular flexibility index (Phi) is 12.4. The van der Waals surface area contributed by atoms with Crippen molar-refractivity contribution in [1.29, 1.82) is 0 Å². The molecule has 28 heavy (non-hydrogen) atoms.